The summed E-state index contributed by atoms with van der Waals surface area (Å²) < 4.78 is 46.8. The molecule has 0 saturated carbocycles. The van der Waals surface area contributed by atoms with Crippen LogP contribution in [0.2, 0.25) is 5.02 Å². The first-order chi connectivity index (χ1) is 14.3. The Kier molecular flexibility index (Phi) is 6.08. The summed E-state index contributed by atoms with van der Waals surface area (Å²) in [6.07, 6.45) is -3.41. The van der Waals surface area contributed by atoms with Crippen molar-refractivity contribution in [3.63, 3.8) is 0 Å². The van der Waals surface area contributed by atoms with Crippen LogP contribution in [0.3, 0.4) is 0 Å². The van der Waals surface area contributed by atoms with Crippen molar-refractivity contribution >= 4 is 40.9 Å². The summed E-state index contributed by atoms with van der Waals surface area (Å²) in [6, 6.07) is 2.30. The van der Waals surface area contributed by atoms with Gasteiger partial charge in [0, 0.05) is 24.3 Å². The Bertz CT molecular complexity index is 1010. The average molecular weight is 459 g/mol. The van der Waals surface area contributed by atoms with Gasteiger partial charge in [0.2, 0.25) is 11.9 Å². The van der Waals surface area contributed by atoms with Gasteiger partial charge in [0.25, 0.3) is 0 Å². The molecule has 0 spiro atoms. The fourth-order valence-corrected chi connectivity index (χ4v) is 3.42. The zero-order chi connectivity index (χ0) is 23.0. The van der Waals surface area contributed by atoms with E-state index in [9.17, 15) is 18.0 Å². The molecule has 0 fully saturated rings. The van der Waals surface area contributed by atoms with Gasteiger partial charge >= 0.3 is 12.3 Å². The Morgan fingerprint density at radius 3 is 2.55 bits per heavy atom. The van der Waals surface area contributed by atoms with Gasteiger partial charge in [0.05, 0.1) is 10.6 Å². The highest BCUT2D eigenvalue weighted by Gasteiger charge is 2.36. The molecule has 12 heteroatoms. The summed E-state index contributed by atoms with van der Waals surface area (Å²) in [7, 11) is 0. The largest absolute Gasteiger partial charge is 0.444 e. The molecule has 3 rings (SSSR count). The third-order valence-corrected chi connectivity index (χ3v) is 4.63. The average Bonchev–Trinajstić information content (AvgIpc) is 3.04. The number of benzene rings is 1. The van der Waals surface area contributed by atoms with Gasteiger partial charge in [-0.1, -0.05) is 17.7 Å². The topological polar surface area (TPSA) is 109 Å². The van der Waals surface area contributed by atoms with Crippen LogP contribution in [0.4, 0.5) is 35.5 Å². The van der Waals surface area contributed by atoms with E-state index in [0.717, 1.165) is 6.07 Å². The maximum atomic E-state index is 13.8. The van der Waals surface area contributed by atoms with Gasteiger partial charge in [-0.15, -0.1) is 5.10 Å². The summed E-state index contributed by atoms with van der Waals surface area (Å²) in [5.74, 6) is 0.0301. The van der Waals surface area contributed by atoms with E-state index in [1.807, 2.05) is 0 Å². The summed E-state index contributed by atoms with van der Waals surface area (Å²) >= 11 is 6.27. The molecule has 0 aliphatic carbocycles. The zero-order valence-electron chi connectivity index (χ0n) is 17.1. The van der Waals surface area contributed by atoms with E-state index < -0.39 is 23.4 Å². The number of nitrogens with zero attached hydrogens (tertiary/aromatic N) is 3. The lowest BCUT2D eigenvalue weighted by molar-refractivity contribution is -0.137. The molecule has 1 aliphatic rings. The fourth-order valence-electron chi connectivity index (χ4n) is 3.08. The minimum Gasteiger partial charge on any atom is -0.444 e. The predicted octanol–water partition coefficient (Wildman–Crippen LogP) is 4.83. The number of aromatic nitrogens is 3. The quantitative estimate of drug-likeness (QED) is 0.608. The Morgan fingerprint density at radius 2 is 2.03 bits per heavy atom. The van der Waals surface area contributed by atoms with Crippen molar-refractivity contribution in [2.45, 2.75) is 39.0 Å². The Morgan fingerprint density at radius 1 is 1.32 bits per heavy atom. The first-order valence-electron chi connectivity index (χ1n) is 9.36. The molecule has 168 valence electrons. The van der Waals surface area contributed by atoms with E-state index in [1.54, 1.807) is 26.8 Å². The molecule has 1 aromatic carbocycles. The highest BCUT2D eigenvalue weighted by Crippen LogP contribution is 2.42. The molecule has 1 amide bonds. The molecule has 0 unspecified atom stereocenters. The SMILES string of the molecule is CC(C)(C)OC(=O)N1CC=C(c2c(Cl)cc(Nc3n[nH]c(N)n3)cc2C(F)(F)F)CC1. The third kappa shape index (κ3) is 5.60. The number of aromatic amines is 1. The van der Waals surface area contributed by atoms with Crippen molar-refractivity contribution in [1.29, 1.82) is 0 Å². The smallest absolute Gasteiger partial charge is 0.417 e. The van der Waals surface area contributed by atoms with E-state index >= 15 is 0 Å². The summed E-state index contributed by atoms with van der Waals surface area (Å²) in [6.45, 7) is 5.56. The van der Waals surface area contributed by atoms with Crippen LogP contribution < -0.4 is 11.1 Å². The van der Waals surface area contributed by atoms with Crippen molar-refractivity contribution in [3.05, 3.63) is 34.4 Å². The van der Waals surface area contributed by atoms with Crippen LogP contribution in [0.15, 0.2) is 18.2 Å². The number of alkyl halides is 3. The highest BCUT2D eigenvalue weighted by molar-refractivity contribution is 6.32. The molecule has 0 bridgehead atoms. The molecule has 31 heavy (non-hydrogen) atoms. The van der Waals surface area contributed by atoms with Gasteiger partial charge in [-0.05, 0) is 44.9 Å². The first-order valence-corrected chi connectivity index (χ1v) is 9.74. The Balaban J connectivity index is 1.89. The monoisotopic (exact) mass is 458 g/mol. The number of hydrogen-bond acceptors (Lipinski definition) is 6. The minimum absolute atomic E-state index is 0.0133. The van der Waals surface area contributed by atoms with Crippen LogP contribution in [0.25, 0.3) is 5.57 Å². The molecule has 0 atom stereocenters. The lowest BCUT2D eigenvalue weighted by Crippen LogP contribution is -2.39. The maximum Gasteiger partial charge on any atom is 0.417 e. The summed E-state index contributed by atoms with van der Waals surface area (Å²) in [5.41, 5.74) is 4.22. The van der Waals surface area contributed by atoms with Crippen LogP contribution in [0, 0.1) is 0 Å². The highest BCUT2D eigenvalue weighted by atomic mass is 35.5. The molecule has 0 radical (unpaired) electrons. The van der Waals surface area contributed by atoms with E-state index in [2.05, 4.69) is 20.5 Å². The van der Waals surface area contributed by atoms with E-state index in [1.165, 1.54) is 11.0 Å². The second-order valence-corrected chi connectivity index (χ2v) is 8.36. The molecule has 2 heterocycles. The molecule has 0 saturated heterocycles. The van der Waals surface area contributed by atoms with Crippen molar-refractivity contribution in [1.82, 2.24) is 20.1 Å². The number of nitrogens with two attached hydrogens (primary N) is 1. The number of hydrogen-bond donors (Lipinski definition) is 3. The number of nitrogens with one attached hydrogen (secondary N) is 2. The van der Waals surface area contributed by atoms with Gasteiger partial charge in [-0.3, -0.25) is 0 Å². The standard InChI is InChI=1S/C19H22ClF3N6O2/c1-18(2,3)31-17(30)29-6-4-10(5-7-29)14-12(19(21,22)23)8-11(9-13(14)20)25-16-26-15(24)27-28-16/h4,8-9H,5-7H2,1-3H3,(H4,24,25,26,27,28). The van der Waals surface area contributed by atoms with Crippen LogP contribution >= 0.6 is 11.6 Å². The van der Waals surface area contributed by atoms with Crippen LogP contribution in [0.1, 0.15) is 38.3 Å². The lowest BCUT2D eigenvalue weighted by Gasteiger charge is -2.30. The summed E-state index contributed by atoms with van der Waals surface area (Å²) in [5, 5.41) is 8.68. The number of carbonyl (C=O) groups is 1. The number of H-pyrrole nitrogens is 1. The first kappa shape index (κ1) is 22.7. The van der Waals surface area contributed by atoms with Crippen molar-refractivity contribution in [2.24, 2.45) is 0 Å². The molecular formula is C19H22ClF3N6O2. The number of anilines is 3. The number of rotatable bonds is 3. The molecule has 2 aromatic rings. The van der Waals surface area contributed by atoms with E-state index in [0.29, 0.717) is 5.57 Å². The Hall–Kier alpha value is -2.95. The van der Waals surface area contributed by atoms with Gasteiger partial charge in [-0.25, -0.2) is 9.89 Å². The van der Waals surface area contributed by atoms with E-state index in [4.69, 9.17) is 22.1 Å². The number of nitrogen functional groups attached to an aromatic ring is 1. The van der Waals surface area contributed by atoms with Crippen LogP contribution in [-0.2, 0) is 10.9 Å². The van der Waals surface area contributed by atoms with Crippen molar-refractivity contribution < 1.29 is 22.7 Å². The molecule has 1 aromatic heterocycles. The van der Waals surface area contributed by atoms with Crippen molar-refractivity contribution in [2.75, 3.05) is 24.1 Å². The number of halogens is 4. The fraction of sp³-hybridized carbons (Fsp3) is 0.421. The van der Waals surface area contributed by atoms with Gasteiger partial charge in [0.1, 0.15) is 5.60 Å². The minimum atomic E-state index is -4.65. The van der Waals surface area contributed by atoms with Gasteiger partial charge < -0.3 is 20.7 Å². The van der Waals surface area contributed by atoms with Gasteiger partial charge in [-0.2, -0.15) is 18.2 Å². The Labute approximate surface area is 181 Å². The van der Waals surface area contributed by atoms with Crippen LogP contribution in [-0.4, -0.2) is 44.9 Å². The number of ether oxygens (including phenoxy) is 1. The molecule has 4 N–H and O–H groups in total. The second kappa shape index (κ2) is 8.29. The third-order valence-electron chi connectivity index (χ3n) is 4.34. The maximum absolute atomic E-state index is 13.8. The zero-order valence-corrected chi connectivity index (χ0v) is 17.9. The normalized spacial score (nSPS) is 14.9. The van der Waals surface area contributed by atoms with E-state index in [-0.39, 0.29) is 47.7 Å². The van der Waals surface area contributed by atoms with Crippen molar-refractivity contribution in [3.8, 4) is 0 Å². The van der Waals surface area contributed by atoms with Crippen LogP contribution in [0.5, 0.6) is 0 Å². The number of carbonyl (C=O) groups excluding carboxylic acids is 1. The molecule has 1 aliphatic heterocycles. The summed E-state index contributed by atoms with van der Waals surface area (Å²) in [4.78, 5) is 17.4. The number of amides is 1. The molecular weight excluding hydrogens is 437 g/mol. The van der Waals surface area contributed by atoms with Gasteiger partial charge in [0.15, 0.2) is 0 Å². The second-order valence-electron chi connectivity index (χ2n) is 7.95. The predicted molar refractivity (Wildman–Crippen MR) is 111 cm³/mol. The molecule has 8 nitrogen and oxygen atoms in total. The lowest BCUT2D eigenvalue weighted by atomic mass is 9.94.